The SMILES string of the molecule is CCOC(=O)Cc1cc(O)ccc1-c1cc(=O)c2c(O)cccc2o1. The number of rotatable bonds is 4. The molecule has 3 aromatic rings. The third-order valence-electron chi connectivity index (χ3n) is 3.73. The minimum absolute atomic E-state index is 0.0103. The maximum absolute atomic E-state index is 12.3. The number of esters is 1. The van der Waals surface area contributed by atoms with Crippen molar-refractivity contribution in [3.63, 3.8) is 0 Å². The van der Waals surface area contributed by atoms with Crippen molar-refractivity contribution in [3.8, 4) is 22.8 Å². The molecule has 0 spiro atoms. The minimum Gasteiger partial charge on any atom is -0.508 e. The van der Waals surface area contributed by atoms with Gasteiger partial charge in [0.1, 0.15) is 28.2 Å². The van der Waals surface area contributed by atoms with Crippen molar-refractivity contribution in [2.45, 2.75) is 13.3 Å². The first-order valence-electron chi connectivity index (χ1n) is 7.73. The van der Waals surface area contributed by atoms with Gasteiger partial charge in [0.2, 0.25) is 0 Å². The number of phenols is 2. The number of hydrogen-bond acceptors (Lipinski definition) is 6. The van der Waals surface area contributed by atoms with Gasteiger partial charge >= 0.3 is 5.97 Å². The summed E-state index contributed by atoms with van der Waals surface area (Å²) in [6.45, 7) is 1.95. The van der Waals surface area contributed by atoms with Crippen LogP contribution < -0.4 is 5.43 Å². The average molecular weight is 340 g/mol. The zero-order valence-corrected chi connectivity index (χ0v) is 13.5. The van der Waals surface area contributed by atoms with Crippen molar-refractivity contribution in [2.75, 3.05) is 6.61 Å². The highest BCUT2D eigenvalue weighted by Gasteiger charge is 2.16. The molecule has 2 aromatic carbocycles. The molecule has 0 saturated heterocycles. The lowest BCUT2D eigenvalue weighted by Gasteiger charge is -2.10. The number of phenolic OH excluding ortho intramolecular Hbond substituents is 2. The summed E-state index contributed by atoms with van der Waals surface area (Å²) in [6.07, 6.45) is -0.0701. The van der Waals surface area contributed by atoms with Gasteiger partial charge in [0, 0.05) is 11.6 Å². The maximum atomic E-state index is 12.3. The molecule has 0 aliphatic rings. The standard InChI is InChI=1S/C19H16O6/c1-2-24-18(23)9-11-8-12(20)6-7-13(11)17-10-15(22)19-14(21)4-3-5-16(19)25-17/h3-8,10,20-21H,2,9H2,1H3. The second-order valence-electron chi connectivity index (χ2n) is 5.45. The molecule has 6 heteroatoms. The summed E-state index contributed by atoms with van der Waals surface area (Å²) in [5.74, 6) is -0.378. The highest BCUT2D eigenvalue weighted by molar-refractivity contribution is 5.85. The number of aromatic hydroxyl groups is 2. The second kappa shape index (κ2) is 6.68. The van der Waals surface area contributed by atoms with Crippen molar-refractivity contribution in [1.82, 2.24) is 0 Å². The van der Waals surface area contributed by atoms with E-state index in [1.165, 1.54) is 24.3 Å². The summed E-state index contributed by atoms with van der Waals surface area (Å²) in [6, 6.07) is 10.2. The average Bonchev–Trinajstić information content (AvgIpc) is 2.54. The van der Waals surface area contributed by atoms with Crippen LogP contribution in [0.15, 0.2) is 51.7 Å². The normalized spacial score (nSPS) is 10.8. The lowest BCUT2D eigenvalue weighted by molar-refractivity contribution is -0.142. The Hall–Kier alpha value is -3.28. The fraction of sp³-hybridized carbons (Fsp3) is 0.158. The Kier molecular flexibility index (Phi) is 4.43. The fourth-order valence-electron chi connectivity index (χ4n) is 2.66. The Balaban J connectivity index is 2.15. The molecular formula is C19H16O6. The van der Waals surface area contributed by atoms with Crippen LogP contribution in [0, 0.1) is 0 Å². The largest absolute Gasteiger partial charge is 0.508 e. The number of benzene rings is 2. The third kappa shape index (κ3) is 3.33. The first-order valence-corrected chi connectivity index (χ1v) is 7.73. The molecule has 1 aromatic heterocycles. The molecule has 0 radical (unpaired) electrons. The quantitative estimate of drug-likeness (QED) is 0.709. The molecule has 3 rings (SSSR count). The Bertz CT molecular complexity index is 1000. The van der Waals surface area contributed by atoms with E-state index < -0.39 is 11.4 Å². The van der Waals surface area contributed by atoms with E-state index in [1.54, 1.807) is 25.1 Å². The van der Waals surface area contributed by atoms with E-state index in [0.29, 0.717) is 11.1 Å². The summed E-state index contributed by atoms with van der Waals surface area (Å²) in [7, 11) is 0. The van der Waals surface area contributed by atoms with Crippen molar-refractivity contribution in [3.05, 3.63) is 58.3 Å². The summed E-state index contributed by atoms with van der Waals surface area (Å²) in [5.41, 5.74) is 0.802. The predicted octanol–water partition coefficient (Wildman–Crippen LogP) is 2.98. The molecule has 0 unspecified atom stereocenters. The van der Waals surface area contributed by atoms with Gasteiger partial charge in [-0.1, -0.05) is 6.07 Å². The van der Waals surface area contributed by atoms with Crippen LogP contribution in [-0.4, -0.2) is 22.8 Å². The molecule has 0 atom stereocenters. The molecule has 6 nitrogen and oxygen atoms in total. The summed E-state index contributed by atoms with van der Waals surface area (Å²) >= 11 is 0. The molecule has 0 saturated carbocycles. The second-order valence-corrected chi connectivity index (χ2v) is 5.45. The van der Waals surface area contributed by atoms with Crippen molar-refractivity contribution in [1.29, 1.82) is 0 Å². The predicted molar refractivity (Wildman–Crippen MR) is 91.6 cm³/mol. The van der Waals surface area contributed by atoms with E-state index >= 15 is 0 Å². The molecule has 0 aliphatic heterocycles. The Morgan fingerprint density at radius 1 is 1.16 bits per heavy atom. The van der Waals surface area contributed by atoms with Crippen molar-refractivity contribution >= 4 is 16.9 Å². The zero-order chi connectivity index (χ0) is 18.0. The molecular weight excluding hydrogens is 324 g/mol. The highest BCUT2D eigenvalue weighted by atomic mass is 16.5. The van der Waals surface area contributed by atoms with E-state index in [9.17, 15) is 19.8 Å². The van der Waals surface area contributed by atoms with Crippen LogP contribution in [0.1, 0.15) is 12.5 Å². The zero-order valence-electron chi connectivity index (χ0n) is 13.5. The van der Waals surface area contributed by atoms with Crippen LogP contribution in [0.2, 0.25) is 0 Å². The Morgan fingerprint density at radius 2 is 1.96 bits per heavy atom. The van der Waals surface area contributed by atoms with Gasteiger partial charge in [-0.3, -0.25) is 9.59 Å². The molecule has 0 aliphatic carbocycles. The van der Waals surface area contributed by atoms with E-state index in [-0.39, 0.29) is 41.3 Å². The number of carbonyl (C=O) groups is 1. The van der Waals surface area contributed by atoms with E-state index in [2.05, 4.69) is 0 Å². The van der Waals surface area contributed by atoms with E-state index in [4.69, 9.17) is 9.15 Å². The number of fused-ring (bicyclic) bond motifs is 1. The number of ether oxygens (including phenoxy) is 1. The van der Waals surface area contributed by atoms with Gasteiger partial charge in [0.15, 0.2) is 5.43 Å². The summed E-state index contributed by atoms with van der Waals surface area (Å²) < 4.78 is 10.7. The van der Waals surface area contributed by atoms with Crippen molar-refractivity contribution in [2.24, 2.45) is 0 Å². The topological polar surface area (TPSA) is 97.0 Å². The van der Waals surface area contributed by atoms with Gasteiger partial charge < -0.3 is 19.4 Å². The molecule has 1 heterocycles. The fourth-order valence-corrected chi connectivity index (χ4v) is 2.66. The number of hydrogen-bond donors (Lipinski definition) is 2. The third-order valence-corrected chi connectivity index (χ3v) is 3.73. The molecule has 0 bridgehead atoms. The molecule has 25 heavy (non-hydrogen) atoms. The smallest absolute Gasteiger partial charge is 0.310 e. The highest BCUT2D eigenvalue weighted by Crippen LogP contribution is 2.30. The van der Waals surface area contributed by atoms with E-state index in [0.717, 1.165) is 0 Å². The molecule has 128 valence electrons. The number of carbonyl (C=O) groups excluding carboxylic acids is 1. The van der Waals surface area contributed by atoms with Gasteiger partial charge in [-0.05, 0) is 42.8 Å². The van der Waals surface area contributed by atoms with Crippen molar-refractivity contribution < 1.29 is 24.2 Å². The lowest BCUT2D eigenvalue weighted by atomic mass is 10.0. The summed E-state index contributed by atoms with van der Waals surface area (Å²) in [4.78, 5) is 24.1. The van der Waals surface area contributed by atoms with Gasteiger partial charge in [0.25, 0.3) is 0 Å². The van der Waals surface area contributed by atoms with Gasteiger partial charge in [-0.2, -0.15) is 0 Å². The van der Waals surface area contributed by atoms with Gasteiger partial charge in [-0.25, -0.2) is 0 Å². The van der Waals surface area contributed by atoms with Crippen LogP contribution in [0.5, 0.6) is 11.5 Å². The minimum atomic E-state index is -0.449. The maximum Gasteiger partial charge on any atom is 0.310 e. The Labute approximate surface area is 142 Å². The monoisotopic (exact) mass is 340 g/mol. The lowest BCUT2D eigenvalue weighted by Crippen LogP contribution is -2.09. The molecule has 2 N–H and O–H groups in total. The van der Waals surface area contributed by atoms with Crippen LogP contribution in [0.3, 0.4) is 0 Å². The first kappa shape index (κ1) is 16.6. The van der Waals surface area contributed by atoms with Gasteiger partial charge in [-0.15, -0.1) is 0 Å². The van der Waals surface area contributed by atoms with Gasteiger partial charge in [0.05, 0.1) is 13.0 Å². The van der Waals surface area contributed by atoms with Crippen LogP contribution in [-0.2, 0) is 16.0 Å². The summed E-state index contributed by atoms with van der Waals surface area (Å²) in [5, 5.41) is 19.6. The molecule has 0 fully saturated rings. The van der Waals surface area contributed by atoms with Crippen LogP contribution in [0.4, 0.5) is 0 Å². The first-order chi connectivity index (χ1) is 12.0. The van der Waals surface area contributed by atoms with E-state index in [1.807, 2.05) is 0 Å². The molecule has 0 amide bonds. The van der Waals surface area contributed by atoms with Crippen LogP contribution in [0.25, 0.3) is 22.3 Å². The van der Waals surface area contributed by atoms with Crippen LogP contribution >= 0.6 is 0 Å². The Morgan fingerprint density at radius 3 is 2.72 bits per heavy atom.